The maximum atomic E-state index is 12.1. The Balaban J connectivity index is 1.38. The fourth-order valence-electron chi connectivity index (χ4n) is 2.72. The lowest BCUT2D eigenvalue weighted by Crippen LogP contribution is -2.35. The van der Waals surface area contributed by atoms with Gasteiger partial charge in [-0.05, 0) is 18.2 Å². The Morgan fingerprint density at radius 2 is 1.88 bits per heavy atom. The van der Waals surface area contributed by atoms with Gasteiger partial charge in [-0.1, -0.05) is 36.4 Å². The fourth-order valence-corrected chi connectivity index (χ4v) is 3.57. The van der Waals surface area contributed by atoms with Gasteiger partial charge >= 0.3 is 5.97 Å². The van der Waals surface area contributed by atoms with Crippen LogP contribution in [0.2, 0.25) is 0 Å². The van der Waals surface area contributed by atoms with Crippen molar-refractivity contribution in [1.82, 2.24) is 5.32 Å². The van der Waals surface area contributed by atoms with Gasteiger partial charge in [0.15, 0.2) is 6.61 Å². The zero-order valence-corrected chi connectivity index (χ0v) is 15.2. The first kappa shape index (κ1) is 18.3. The first-order valence-electron chi connectivity index (χ1n) is 8.57. The van der Waals surface area contributed by atoms with Crippen molar-refractivity contribution < 1.29 is 19.1 Å². The molecular weight excluding hydrogens is 350 g/mol. The standard InChI is InChI=1S/C20H21NO4S/c22-19(21-17-10-12-24-18-9-5-4-8-16(17)18)14-25-20(23)11-13-26-15-6-2-1-3-7-15/h1-9,17H,10-14H2,(H,21,22). The first-order chi connectivity index (χ1) is 12.7. The van der Waals surface area contributed by atoms with Crippen molar-refractivity contribution in [3.05, 3.63) is 60.2 Å². The molecule has 1 atom stereocenters. The number of rotatable bonds is 7. The van der Waals surface area contributed by atoms with Crippen LogP contribution in [0.5, 0.6) is 5.75 Å². The number of carbonyl (C=O) groups excluding carboxylic acids is 2. The third kappa shape index (κ3) is 5.26. The van der Waals surface area contributed by atoms with Crippen molar-refractivity contribution in [2.75, 3.05) is 19.0 Å². The summed E-state index contributed by atoms with van der Waals surface area (Å²) in [4.78, 5) is 25.0. The lowest BCUT2D eigenvalue weighted by Gasteiger charge is -2.26. The molecule has 1 aliphatic heterocycles. The molecule has 5 nitrogen and oxygen atoms in total. The molecule has 2 aromatic carbocycles. The van der Waals surface area contributed by atoms with Crippen LogP contribution in [0.4, 0.5) is 0 Å². The predicted molar refractivity (Wildman–Crippen MR) is 100 cm³/mol. The second kappa shape index (κ2) is 9.29. The van der Waals surface area contributed by atoms with Crippen LogP contribution >= 0.6 is 11.8 Å². The molecule has 0 aliphatic carbocycles. The molecule has 136 valence electrons. The summed E-state index contributed by atoms with van der Waals surface area (Å²) in [5, 5.41) is 2.91. The van der Waals surface area contributed by atoms with E-state index in [-0.39, 0.29) is 30.9 Å². The Morgan fingerprint density at radius 3 is 2.73 bits per heavy atom. The molecule has 3 rings (SSSR count). The van der Waals surface area contributed by atoms with E-state index in [4.69, 9.17) is 9.47 Å². The van der Waals surface area contributed by atoms with Crippen molar-refractivity contribution in [3.63, 3.8) is 0 Å². The maximum Gasteiger partial charge on any atom is 0.307 e. The second-order valence-electron chi connectivity index (χ2n) is 5.87. The molecule has 6 heteroatoms. The van der Waals surface area contributed by atoms with E-state index in [1.165, 1.54) is 0 Å². The smallest absolute Gasteiger partial charge is 0.307 e. The zero-order valence-electron chi connectivity index (χ0n) is 14.4. The van der Waals surface area contributed by atoms with Crippen LogP contribution in [0.25, 0.3) is 0 Å². The van der Waals surface area contributed by atoms with Crippen molar-refractivity contribution in [3.8, 4) is 5.75 Å². The molecule has 0 bridgehead atoms. The highest BCUT2D eigenvalue weighted by Crippen LogP contribution is 2.31. The maximum absolute atomic E-state index is 12.1. The molecule has 0 radical (unpaired) electrons. The van der Waals surface area contributed by atoms with Crippen LogP contribution in [-0.4, -0.2) is 30.8 Å². The zero-order chi connectivity index (χ0) is 18.2. The van der Waals surface area contributed by atoms with Crippen LogP contribution in [-0.2, 0) is 14.3 Å². The SMILES string of the molecule is O=C(COC(=O)CCSc1ccccc1)NC1CCOc2ccccc21. The van der Waals surface area contributed by atoms with Crippen molar-refractivity contribution in [1.29, 1.82) is 0 Å². The second-order valence-corrected chi connectivity index (χ2v) is 7.04. The summed E-state index contributed by atoms with van der Waals surface area (Å²) >= 11 is 1.59. The number of hydrogen-bond acceptors (Lipinski definition) is 5. The van der Waals surface area contributed by atoms with Crippen molar-refractivity contribution in [2.24, 2.45) is 0 Å². The molecule has 0 aromatic heterocycles. The number of ether oxygens (including phenoxy) is 2. The number of benzene rings is 2. The van der Waals surface area contributed by atoms with E-state index in [0.29, 0.717) is 18.8 Å². The molecule has 26 heavy (non-hydrogen) atoms. The number of thioether (sulfide) groups is 1. The van der Waals surface area contributed by atoms with Crippen molar-refractivity contribution >= 4 is 23.6 Å². The monoisotopic (exact) mass is 371 g/mol. The average molecular weight is 371 g/mol. The highest BCUT2D eigenvalue weighted by atomic mass is 32.2. The normalized spacial score (nSPS) is 15.5. The van der Waals surface area contributed by atoms with Gasteiger partial charge in [0.2, 0.25) is 0 Å². The third-order valence-electron chi connectivity index (χ3n) is 3.98. The molecule has 1 unspecified atom stereocenters. The predicted octanol–water partition coefficient (Wildman–Crippen LogP) is 3.35. The summed E-state index contributed by atoms with van der Waals surface area (Å²) in [6.45, 7) is 0.298. The minimum absolute atomic E-state index is 0.111. The topological polar surface area (TPSA) is 64.6 Å². The number of hydrogen-bond donors (Lipinski definition) is 1. The van der Waals surface area contributed by atoms with Gasteiger partial charge in [0.1, 0.15) is 5.75 Å². The summed E-state index contributed by atoms with van der Waals surface area (Å²) in [6, 6.07) is 17.4. The number of esters is 1. The molecule has 1 amide bonds. The van der Waals surface area contributed by atoms with Gasteiger partial charge in [-0.2, -0.15) is 0 Å². The van der Waals surface area contributed by atoms with E-state index in [2.05, 4.69) is 5.32 Å². The molecule has 2 aromatic rings. The van der Waals surface area contributed by atoms with E-state index >= 15 is 0 Å². The Kier molecular flexibility index (Phi) is 6.55. The number of nitrogens with one attached hydrogen (secondary N) is 1. The highest BCUT2D eigenvalue weighted by Gasteiger charge is 2.22. The van der Waals surface area contributed by atoms with Gasteiger partial charge in [-0.15, -0.1) is 11.8 Å². The Hall–Kier alpha value is -2.47. The van der Waals surface area contributed by atoms with E-state index in [9.17, 15) is 9.59 Å². The van der Waals surface area contributed by atoms with Crippen LogP contribution in [0.3, 0.4) is 0 Å². The lowest BCUT2D eigenvalue weighted by atomic mass is 10.0. The Morgan fingerprint density at radius 1 is 1.12 bits per heavy atom. The highest BCUT2D eigenvalue weighted by molar-refractivity contribution is 7.99. The molecule has 0 saturated heterocycles. The van der Waals surface area contributed by atoms with Crippen LogP contribution in [0.1, 0.15) is 24.4 Å². The van der Waals surface area contributed by atoms with E-state index in [1.54, 1.807) is 11.8 Å². The number of fused-ring (bicyclic) bond motifs is 1. The summed E-state index contributed by atoms with van der Waals surface area (Å²) < 4.78 is 10.7. The van der Waals surface area contributed by atoms with Crippen LogP contribution < -0.4 is 10.1 Å². The number of amides is 1. The fraction of sp³-hybridized carbons (Fsp3) is 0.300. The van der Waals surface area contributed by atoms with E-state index in [0.717, 1.165) is 16.2 Å². The van der Waals surface area contributed by atoms with Crippen LogP contribution in [0.15, 0.2) is 59.5 Å². The van der Waals surface area contributed by atoms with Gasteiger partial charge in [-0.3, -0.25) is 9.59 Å². The Bertz CT molecular complexity index is 750. The van der Waals surface area contributed by atoms with E-state index < -0.39 is 0 Å². The number of carbonyl (C=O) groups is 2. The van der Waals surface area contributed by atoms with Gasteiger partial charge in [-0.25, -0.2) is 0 Å². The van der Waals surface area contributed by atoms with E-state index in [1.807, 2.05) is 54.6 Å². The average Bonchev–Trinajstić information content (AvgIpc) is 2.67. The summed E-state index contributed by atoms with van der Waals surface area (Å²) in [6.07, 6.45) is 0.970. The minimum Gasteiger partial charge on any atom is -0.493 e. The quantitative estimate of drug-likeness (QED) is 0.597. The first-order valence-corrected chi connectivity index (χ1v) is 9.55. The number of para-hydroxylation sites is 1. The summed E-state index contributed by atoms with van der Waals surface area (Å²) in [5.74, 6) is 0.753. The molecule has 0 fully saturated rings. The molecule has 1 heterocycles. The Labute approximate surface area is 157 Å². The van der Waals surface area contributed by atoms with Gasteiger partial charge in [0, 0.05) is 22.6 Å². The molecule has 0 saturated carbocycles. The molecule has 0 spiro atoms. The van der Waals surface area contributed by atoms with Gasteiger partial charge in [0.05, 0.1) is 19.1 Å². The van der Waals surface area contributed by atoms with Crippen molar-refractivity contribution in [2.45, 2.75) is 23.8 Å². The molecular formula is C20H21NO4S. The molecule has 1 aliphatic rings. The summed E-state index contributed by atoms with van der Waals surface area (Å²) in [5.41, 5.74) is 0.956. The third-order valence-corrected chi connectivity index (χ3v) is 4.99. The largest absolute Gasteiger partial charge is 0.493 e. The minimum atomic E-state index is -0.365. The molecule has 1 N–H and O–H groups in total. The summed E-state index contributed by atoms with van der Waals surface area (Å²) in [7, 11) is 0. The van der Waals surface area contributed by atoms with Gasteiger partial charge in [0.25, 0.3) is 5.91 Å². The van der Waals surface area contributed by atoms with Gasteiger partial charge < -0.3 is 14.8 Å². The van der Waals surface area contributed by atoms with Crippen LogP contribution in [0, 0.1) is 0 Å². The lowest BCUT2D eigenvalue weighted by molar-refractivity contribution is -0.148.